The molecule has 13 heavy (non-hydrogen) atoms. The van der Waals surface area contributed by atoms with E-state index in [4.69, 9.17) is 0 Å². The van der Waals surface area contributed by atoms with Crippen LogP contribution in [0.5, 0.6) is 0 Å². The summed E-state index contributed by atoms with van der Waals surface area (Å²) in [7, 11) is 0. The lowest BCUT2D eigenvalue weighted by molar-refractivity contribution is 0.0398. The molecule has 0 saturated carbocycles. The second-order valence-electron chi connectivity index (χ2n) is 4.61. The lowest BCUT2D eigenvalue weighted by Gasteiger charge is -2.46. The predicted molar refractivity (Wildman–Crippen MR) is 56.6 cm³/mol. The first-order valence-corrected chi connectivity index (χ1v) is 5.97. The van der Waals surface area contributed by atoms with E-state index < -0.39 is 0 Å². The van der Waals surface area contributed by atoms with Crippen molar-refractivity contribution < 1.29 is 0 Å². The summed E-state index contributed by atoms with van der Waals surface area (Å²) in [6.07, 6.45) is 11.2. The maximum Gasteiger partial charge on any atom is 0.00982 e. The summed E-state index contributed by atoms with van der Waals surface area (Å²) in [5.41, 5.74) is 0. The van der Waals surface area contributed by atoms with E-state index in [9.17, 15) is 0 Å². The number of piperidine rings is 2. The molecule has 0 unspecified atom stereocenters. The summed E-state index contributed by atoms with van der Waals surface area (Å²) in [6.45, 7) is 5.26. The maximum atomic E-state index is 3.94. The fourth-order valence-electron chi connectivity index (χ4n) is 3.09. The first-order valence-electron chi connectivity index (χ1n) is 5.97. The number of fused-ring (bicyclic) bond motifs is 2. The van der Waals surface area contributed by atoms with Gasteiger partial charge in [-0.05, 0) is 38.6 Å². The van der Waals surface area contributed by atoms with Crippen molar-refractivity contribution in [3.05, 3.63) is 6.92 Å². The molecule has 2 aliphatic rings. The first kappa shape index (κ1) is 9.51. The number of nitrogens with zero attached hydrogens (tertiary/aromatic N) is 1. The highest BCUT2D eigenvalue weighted by molar-refractivity contribution is 4.88. The van der Waals surface area contributed by atoms with E-state index in [1.807, 2.05) is 0 Å². The Labute approximate surface area is 82.5 Å². The zero-order valence-corrected chi connectivity index (χ0v) is 8.67. The van der Waals surface area contributed by atoms with Gasteiger partial charge in [-0.15, -0.1) is 0 Å². The molecule has 0 amide bonds. The van der Waals surface area contributed by atoms with E-state index in [1.165, 1.54) is 51.5 Å². The second kappa shape index (κ2) is 4.45. The molecule has 0 atom stereocenters. The molecule has 2 saturated heterocycles. The molecular weight excluding hydrogens is 158 g/mol. The van der Waals surface area contributed by atoms with Crippen molar-refractivity contribution in [1.82, 2.24) is 4.90 Å². The van der Waals surface area contributed by atoms with Crippen LogP contribution in [0, 0.1) is 6.92 Å². The van der Waals surface area contributed by atoms with Gasteiger partial charge in [-0.3, -0.25) is 4.90 Å². The van der Waals surface area contributed by atoms with Crippen LogP contribution in [0.1, 0.15) is 51.4 Å². The van der Waals surface area contributed by atoms with Crippen molar-refractivity contribution in [2.45, 2.75) is 63.5 Å². The normalized spacial score (nSPS) is 34.8. The molecule has 0 aliphatic carbocycles. The quantitative estimate of drug-likeness (QED) is 0.645. The molecule has 2 aliphatic heterocycles. The van der Waals surface area contributed by atoms with Gasteiger partial charge in [0, 0.05) is 12.1 Å². The highest BCUT2D eigenvalue weighted by Gasteiger charge is 2.32. The van der Waals surface area contributed by atoms with E-state index in [1.54, 1.807) is 0 Å². The molecule has 0 aromatic rings. The summed E-state index contributed by atoms with van der Waals surface area (Å²) < 4.78 is 0. The van der Waals surface area contributed by atoms with Gasteiger partial charge >= 0.3 is 0 Å². The van der Waals surface area contributed by atoms with Gasteiger partial charge < -0.3 is 0 Å². The van der Waals surface area contributed by atoms with Gasteiger partial charge in [0.1, 0.15) is 0 Å². The van der Waals surface area contributed by atoms with Gasteiger partial charge in [-0.2, -0.15) is 0 Å². The molecule has 0 spiro atoms. The molecular formula is C12H22N. The average Bonchev–Trinajstić information content (AvgIpc) is 2.14. The van der Waals surface area contributed by atoms with Gasteiger partial charge in [0.15, 0.2) is 0 Å². The molecule has 75 valence electrons. The van der Waals surface area contributed by atoms with Gasteiger partial charge in [0.2, 0.25) is 0 Å². The van der Waals surface area contributed by atoms with Crippen LogP contribution >= 0.6 is 0 Å². The van der Waals surface area contributed by atoms with Crippen LogP contribution in [0.25, 0.3) is 0 Å². The molecule has 2 heterocycles. The predicted octanol–water partition coefficient (Wildman–Crippen LogP) is 3.01. The minimum atomic E-state index is 0.944. The molecule has 0 N–H and O–H groups in total. The van der Waals surface area contributed by atoms with Crippen molar-refractivity contribution in [3.63, 3.8) is 0 Å². The van der Waals surface area contributed by atoms with E-state index in [2.05, 4.69) is 11.8 Å². The summed E-state index contributed by atoms with van der Waals surface area (Å²) in [5.74, 6) is 0. The molecule has 2 bridgehead atoms. The van der Waals surface area contributed by atoms with Crippen LogP contribution in [-0.2, 0) is 0 Å². The third kappa shape index (κ3) is 2.07. The summed E-state index contributed by atoms with van der Waals surface area (Å²) in [5, 5.41) is 0. The van der Waals surface area contributed by atoms with E-state index >= 15 is 0 Å². The van der Waals surface area contributed by atoms with Crippen LogP contribution < -0.4 is 0 Å². The number of hydrogen-bond donors (Lipinski definition) is 0. The van der Waals surface area contributed by atoms with Gasteiger partial charge in [0.25, 0.3) is 0 Å². The van der Waals surface area contributed by atoms with Crippen LogP contribution in [0.2, 0.25) is 0 Å². The third-order valence-electron chi connectivity index (χ3n) is 3.75. The smallest absolute Gasteiger partial charge is 0.00982 e. The summed E-state index contributed by atoms with van der Waals surface area (Å²) in [4.78, 5) is 2.79. The third-order valence-corrected chi connectivity index (χ3v) is 3.75. The Balaban J connectivity index is 1.90. The highest BCUT2D eigenvalue weighted by Crippen LogP contribution is 2.33. The number of unbranched alkanes of at least 4 members (excludes halogenated alkanes) is 1. The molecule has 0 aromatic heterocycles. The van der Waals surface area contributed by atoms with Crippen molar-refractivity contribution in [2.75, 3.05) is 6.54 Å². The lowest BCUT2D eigenvalue weighted by Crippen LogP contribution is -2.49. The Kier molecular flexibility index (Phi) is 3.26. The van der Waals surface area contributed by atoms with Gasteiger partial charge in [0.05, 0.1) is 0 Å². The van der Waals surface area contributed by atoms with Crippen molar-refractivity contribution >= 4 is 0 Å². The molecule has 1 heteroatoms. The van der Waals surface area contributed by atoms with Crippen LogP contribution in [0.15, 0.2) is 0 Å². The minimum Gasteiger partial charge on any atom is -0.297 e. The standard InChI is InChI=1S/C12H22N/c1-2-3-10-13-11-6-4-7-12(13)9-5-8-11/h11-12H,1-10H2. The van der Waals surface area contributed by atoms with E-state index in [0.717, 1.165) is 18.5 Å². The minimum absolute atomic E-state index is 0.944. The number of hydrogen-bond acceptors (Lipinski definition) is 1. The van der Waals surface area contributed by atoms with Gasteiger partial charge in [-0.25, -0.2) is 0 Å². The Morgan fingerprint density at radius 1 is 1.00 bits per heavy atom. The largest absolute Gasteiger partial charge is 0.297 e. The Hall–Kier alpha value is -0.0400. The van der Waals surface area contributed by atoms with Gasteiger partial charge in [-0.1, -0.05) is 26.2 Å². The summed E-state index contributed by atoms with van der Waals surface area (Å²) in [6, 6.07) is 1.89. The monoisotopic (exact) mass is 180 g/mol. The molecule has 2 fully saturated rings. The van der Waals surface area contributed by atoms with E-state index in [-0.39, 0.29) is 0 Å². The van der Waals surface area contributed by atoms with Crippen molar-refractivity contribution in [1.29, 1.82) is 0 Å². The Bertz CT molecular complexity index is 133. The van der Waals surface area contributed by atoms with Crippen LogP contribution in [0.4, 0.5) is 0 Å². The maximum absolute atomic E-state index is 3.94. The SMILES string of the molecule is [CH2]CCCN1C2CCCC1CCC2. The van der Waals surface area contributed by atoms with E-state index in [0.29, 0.717) is 0 Å². The fourth-order valence-corrected chi connectivity index (χ4v) is 3.09. The van der Waals surface area contributed by atoms with Crippen molar-refractivity contribution in [3.8, 4) is 0 Å². The summed E-state index contributed by atoms with van der Waals surface area (Å²) >= 11 is 0. The topological polar surface area (TPSA) is 3.24 Å². The Morgan fingerprint density at radius 3 is 2.00 bits per heavy atom. The first-order chi connectivity index (χ1) is 6.42. The van der Waals surface area contributed by atoms with Crippen molar-refractivity contribution in [2.24, 2.45) is 0 Å². The van der Waals surface area contributed by atoms with Crippen LogP contribution in [0.3, 0.4) is 0 Å². The average molecular weight is 180 g/mol. The zero-order valence-electron chi connectivity index (χ0n) is 8.67. The highest BCUT2D eigenvalue weighted by atomic mass is 15.2. The Morgan fingerprint density at radius 2 is 1.54 bits per heavy atom. The number of rotatable bonds is 3. The fraction of sp³-hybridized carbons (Fsp3) is 0.917. The molecule has 0 aromatic carbocycles. The molecule has 1 nitrogen and oxygen atoms in total. The second-order valence-corrected chi connectivity index (χ2v) is 4.61. The van der Waals surface area contributed by atoms with Crippen LogP contribution in [-0.4, -0.2) is 23.5 Å². The zero-order chi connectivity index (χ0) is 9.10. The molecule has 1 radical (unpaired) electrons. The lowest BCUT2D eigenvalue weighted by atomic mass is 9.84. The molecule has 2 rings (SSSR count).